The van der Waals surface area contributed by atoms with Crippen molar-refractivity contribution in [1.82, 2.24) is 14.8 Å². The molecule has 0 aliphatic carbocycles. The monoisotopic (exact) mass is 397 g/mol. The molecule has 2 heterocycles. The number of piperazine rings is 1. The summed E-state index contributed by atoms with van der Waals surface area (Å²) < 4.78 is 13.9. The number of benzene rings is 2. The van der Waals surface area contributed by atoms with Crippen molar-refractivity contribution in [2.45, 2.75) is 13.5 Å². The molecule has 3 aromatic rings. The van der Waals surface area contributed by atoms with Gasteiger partial charge in [-0.2, -0.15) is 0 Å². The second-order valence-electron chi connectivity index (χ2n) is 7.12. The molecule has 1 aliphatic heterocycles. The summed E-state index contributed by atoms with van der Waals surface area (Å²) in [4.78, 5) is 21.6. The van der Waals surface area contributed by atoms with Crippen LogP contribution >= 0.6 is 11.6 Å². The maximum absolute atomic E-state index is 13.9. The fourth-order valence-electron chi connectivity index (χ4n) is 3.61. The van der Waals surface area contributed by atoms with Crippen LogP contribution in [0.15, 0.2) is 48.5 Å². The van der Waals surface area contributed by atoms with Crippen molar-refractivity contribution in [3.8, 4) is 0 Å². The zero-order chi connectivity index (χ0) is 19.7. The average molecular weight is 398 g/mol. The Morgan fingerprint density at radius 3 is 2.61 bits per heavy atom. The van der Waals surface area contributed by atoms with Gasteiger partial charge in [0, 0.05) is 48.7 Å². The molecule has 2 aromatic carbocycles. The fourth-order valence-corrected chi connectivity index (χ4v) is 3.79. The van der Waals surface area contributed by atoms with Gasteiger partial charge in [-0.3, -0.25) is 14.7 Å². The fraction of sp³-hybridized carbons (Fsp3) is 0.273. The second kappa shape index (κ2) is 7.86. The van der Waals surface area contributed by atoms with Gasteiger partial charge in [0.15, 0.2) is 0 Å². The van der Waals surface area contributed by atoms with E-state index in [9.17, 15) is 9.18 Å². The van der Waals surface area contributed by atoms with Crippen molar-refractivity contribution in [3.63, 3.8) is 0 Å². The van der Waals surface area contributed by atoms with Crippen molar-refractivity contribution in [1.29, 1.82) is 0 Å². The van der Waals surface area contributed by atoms with E-state index < -0.39 is 0 Å². The Morgan fingerprint density at radius 2 is 1.86 bits per heavy atom. The lowest BCUT2D eigenvalue weighted by molar-refractivity contribution is 0.0626. The summed E-state index contributed by atoms with van der Waals surface area (Å²) in [5.74, 6) is -0.199. The minimum absolute atomic E-state index is 0.0163. The Bertz CT molecular complexity index is 1030. The summed E-state index contributed by atoms with van der Waals surface area (Å²) in [7, 11) is 0. The first-order chi connectivity index (χ1) is 13.5. The van der Waals surface area contributed by atoms with E-state index in [2.05, 4.69) is 9.88 Å². The van der Waals surface area contributed by atoms with E-state index in [4.69, 9.17) is 11.6 Å². The van der Waals surface area contributed by atoms with Gasteiger partial charge in [-0.25, -0.2) is 4.39 Å². The van der Waals surface area contributed by atoms with Gasteiger partial charge in [0.1, 0.15) is 5.82 Å². The molecule has 0 saturated carbocycles. The predicted octanol–water partition coefficient (Wildman–Crippen LogP) is 4.29. The van der Waals surface area contributed by atoms with E-state index in [1.807, 2.05) is 42.2 Å². The minimum atomic E-state index is -0.183. The second-order valence-corrected chi connectivity index (χ2v) is 7.55. The molecule has 1 saturated heterocycles. The molecule has 1 aliphatic rings. The topological polar surface area (TPSA) is 36.4 Å². The van der Waals surface area contributed by atoms with Gasteiger partial charge in [0.2, 0.25) is 0 Å². The molecule has 0 unspecified atom stereocenters. The number of aromatic nitrogens is 1. The lowest BCUT2D eigenvalue weighted by Gasteiger charge is -2.35. The lowest BCUT2D eigenvalue weighted by atomic mass is 10.1. The number of rotatable bonds is 3. The minimum Gasteiger partial charge on any atom is -0.336 e. The van der Waals surface area contributed by atoms with E-state index in [1.54, 1.807) is 12.1 Å². The van der Waals surface area contributed by atoms with Crippen LogP contribution in [0, 0.1) is 12.7 Å². The van der Waals surface area contributed by atoms with E-state index in [1.165, 1.54) is 6.07 Å². The molecule has 0 atom stereocenters. The summed E-state index contributed by atoms with van der Waals surface area (Å²) in [5, 5.41) is 1.48. The van der Waals surface area contributed by atoms with Crippen LogP contribution in [-0.2, 0) is 6.54 Å². The van der Waals surface area contributed by atoms with Crippen LogP contribution in [0.1, 0.15) is 21.6 Å². The Kier molecular flexibility index (Phi) is 5.29. The smallest absolute Gasteiger partial charge is 0.255 e. The first-order valence-corrected chi connectivity index (χ1v) is 9.71. The van der Waals surface area contributed by atoms with Crippen LogP contribution in [0.3, 0.4) is 0 Å². The Labute approximate surface area is 168 Å². The number of pyridine rings is 1. The summed E-state index contributed by atoms with van der Waals surface area (Å²) >= 11 is 6.08. The van der Waals surface area contributed by atoms with E-state index >= 15 is 0 Å². The molecule has 0 bridgehead atoms. The van der Waals surface area contributed by atoms with Gasteiger partial charge in [0.05, 0.1) is 16.8 Å². The SMILES string of the molecule is Cc1nc2ccc(Cl)cc2cc1C(=O)N1CCN(Cc2ccccc2F)CC1. The van der Waals surface area contributed by atoms with Crippen molar-refractivity contribution < 1.29 is 9.18 Å². The van der Waals surface area contributed by atoms with Crippen LogP contribution in [0.2, 0.25) is 5.02 Å². The highest BCUT2D eigenvalue weighted by Crippen LogP contribution is 2.22. The third-order valence-electron chi connectivity index (χ3n) is 5.21. The number of hydrogen-bond donors (Lipinski definition) is 0. The third-order valence-corrected chi connectivity index (χ3v) is 5.44. The average Bonchev–Trinajstić information content (AvgIpc) is 2.69. The number of aryl methyl sites for hydroxylation is 1. The standard InChI is InChI=1S/C22H21ClFN3O/c1-15-19(13-17-12-18(23)6-7-21(17)25-15)22(28)27-10-8-26(9-11-27)14-16-4-2-3-5-20(16)24/h2-7,12-13H,8-11,14H2,1H3. The van der Waals surface area contributed by atoms with Crippen molar-refractivity contribution in [2.75, 3.05) is 26.2 Å². The van der Waals surface area contributed by atoms with Gasteiger partial charge in [-0.05, 0) is 37.3 Å². The maximum atomic E-state index is 13.9. The first-order valence-electron chi connectivity index (χ1n) is 9.33. The van der Waals surface area contributed by atoms with Crippen LogP contribution in [0.25, 0.3) is 10.9 Å². The maximum Gasteiger partial charge on any atom is 0.255 e. The Morgan fingerprint density at radius 1 is 1.11 bits per heavy atom. The summed E-state index contributed by atoms with van der Waals surface area (Å²) in [6.45, 7) is 5.07. The Balaban J connectivity index is 1.46. The van der Waals surface area contributed by atoms with Crippen molar-refractivity contribution in [3.05, 3.63) is 76.2 Å². The molecule has 4 rings (SSSR count). The van der Waals surface area contributed by atoms with Gasteiger partial charge < -0.3 is 4.90 Å². The number of amides is 1. The molecule has 6 heteroatoms. The molecule has 1 aromatic heterocycles. The number of carbonyl (C=O) groups excluding carboxylic acids is 1. The lowest BCUT2D eigenvalue weighted by Crippen LogP contribution is -2.48. The summed E-state index contributed by atoms with van der Waals surface area (Å²) in [6, 6.07) is 14.2. The Hall–Kier alpha value is -2.50. The molecule has 1 fully saturated rings. The van der Waals surface area contributed by atoms with Crippen LogP contribution in [0.5, 0.6) is 0 Å². The largest absolute Gasteiger partial charge is 0.336 e. The normalized spacial score (nSPS) is 15.2. The van der Waals surface area contributed by atoms with E-state index in [0.29, 0.717) is 54.6 Å². The zero-order valence-corrected chi connectivity index (χ0v) is 16.4. The van der Waals surface area contributed by atoms with Gasteiger partial charge in [-0.15, -0.1) is 0 Å². The highest BCUT2D eigenvalue weighted by Gasteiger charge is 2.24. The van der Waals surface area contributed by atoms with Gasteiger partial charge in [-0.1, -0.05) is 29.8 Å². The first kappa shape index (κ1) is 18.8. The number of hydrogen-bond acceptors (Lipinski definition) is 3. The van der Waals surface area contributed by atoms with E-state index in [-0.39, 0.29) is 11.7 Å². The molecule has 0 radical (unpaired) electrons. The third kappa shape index (κ3) is 3.86. The molecule has 0 spiro atoms. The van der Waals surface area contributed by atoms with Crippen LogP contribution in [-0.4, -0.2) is 46.9 Å². The van der Waals surface area contributed by atoms with Crippen molar-refractivity contribution in [2.24, 2.45) is 0 Å². The predicted molar refractivity (Wildman–Crippen MR) is 109 cm³/mol. The number of carbonyl (C=O) groups is 1. The zero-order valence-electron chi connectivity index (χ0n) is 15.7. The number of nitrogens with zero attached hydrogens (tertiary/aromatic N) is 3. The van der Waals surface area contributed by atoms with Crippen LogP contribution in [0.4, 0.5) is 4.39 Å². The van der Waals surface area contributed by atoms with Gasteiger partial charge in [0.25, 0.3) is 5.91 Å². The molecular weight excluding hydrogens is 377 g/mol. The van der Waals surface area contributed by atoms with Crippen LogP contribution < -0.4 is 0 Å². The molecule has 0 N–H and O–H groups in total. The van der Waals surface area contributed by atoms with Crippen molar-refractivity contribution >= 4 is 28.4 Å². The molecule has 1 amide bonds. The highest BCUT2D eigenvalue weighted by molar-refractivity contribution is 6.31. The molecular formula is C22H21ClFN3O. The number of fused-ring (bicyclic) bond motifs is 1. The summed E-state index contributed by atoms with van der Waals surface area (Å²) in [5.41, 5.74) is 2.84. The quantitative estimate of drug-likeness (QED) is 0.661. The number of halogens is 2. The van der Waals surface area contributed by atoms with E-state index in [0.717, 1.165) is 10.9 Å². The molecule has 144 valence electrons. The molecule has 4 nitrogen and oxygen atoms in total. The molecule has 28 heavy (non-hydrogen) atoms. The highest BCUT2D eigenvalue weighted by atomic mass is 35.5. The summed E-state index contributed by atoms with van der Waals surface area (Å²) in [6.07, 6.45) is 0. The van der Waals surface area contributed by atoms with Gasteiger partial charge >= 0.3 is 0 Å².